The molecule has 1 unspecified atom stereocenters. The number of amides is 1. The number of nitriles is 1. The Morgan fingerprint density at radius 1 is 1.46 bits per heavy atom. The van der Waals surface area contributed by atoms with E-state index in [4.69, 9.17) is 16.9 Å². The predicted octanol–water partition coefficient (Wildman–Crippen LogP) is 1.56. The number of hydrogen-bond donors (Lipinski definition) is 1. The lowest BCUT2D eigenvalue weighted by atomic mass is 10.1. The Kier molecular flexibility index (Phi) is 3.30. The van der Waals surface area contributed by atoms with E-state index < -0.39 is 11.3 Å². The molecule has 1 rings (SSSR count). The number of nitrogens with zero attached hydrogens (tertiary/aromatic N) is 1. The van der Waals surface area contributed by atoms with E-state index in [1.165, 1.54) is 6.19 Å². The minimum atomic E-state index is -0.805. The molecule has 1 amide bonds. The molecule has 0 saturated carbocycles. The van der Waals surface area contributed by atoms with Crippen molar-refractivity contribution in [3.05, 3.63) is 35.9 Å². The number of carbonyl (C=O) groups excluding carboxylic acids is 1. The zero-order valence-corrected chi connectivity index (χ0v) is 7.45. The van der Waals surface area contributed by atoms with E-state index in [-0.39, 0.29) is 0 Å². The summed E-state index contributed by atoms with van der Waals surface area (Å²) in [7, 11) is 0. The number of carbonyl (C=O) groups is 1. The van der Waals surface area contributed by atoms with Crippen LogP contribution < -0.4 is 5.32 Å². The maximum absolute atomic E-state index is 11.1. The Morgan fingerprint density at radius 2 is 2.08 bits per heavy atom. The molecule has 66 valence electrons. The quantitative estimate of drug-likeness (QED) is 0.441. The number of rotatable bonds is 2. The molecule has 0 aliphatic heterocycles. The lowest BCUT2D eigenvalue weighted by molar-refractivity contribution is -0.119. The van der Waals surface area contributed by atoms with Crippen LogP contribution in [0.4, 0.5) is 0 Å². The molecule has 0 bridgehead atoms. The molecule has 0 aromatic heterocycles. The van der Waals surface area contributed by atoms with Crippen molar-refractivity contribution >= 4 is 17.5 Å². The van der Waals surface area contributed by atoms with Crippen LogP contribution >= 0.6 is 11.6 Å². The summed E-state index contributed by atoms with van der Waals surface area (Å²) < 4.78 is 0. The summed E-state index contributed by atoms with van der Waals surface area (Å²) in [6, 6.07) is 8.85. The first-order chi connectivity index (χ1) is 6.25. The summed E-state index contributed by atoms with van der Waals surface area (Å²) in [6.45, 7) is 0. The van der Waals surface area contributed by atoms with E-state index in [0.29, 0.717) is 5.56 Å². The van der Waals surface area contributed by atoms with Gasteiger partial charge in [-0.2, -0.15) is 5.26 Å². The number of alkyl halides is 1. The lowest BCUT2D eigenvalue weighted by Crippen LogP contribution is -2.21. The van der Waals surface area contributed by atoms with Crippen molar-refractivity contribution in [1.29, 1.82) is 5.26 Å². The van der Waals surface area contributed by atoms with Crippen molar-refractivity contribution < 1.29 is 4.79 Å². The first-order valence-electron chi connectivity index (χ1n) is 3.63. The number of nitrogens with one attached hydrogen (secondary N) is 1. The highest BCUT2D eigenvalue weighted by atomic mass is 35.5. The van der Waals surface area contributed by atoms with Crippen LogP contribution in [-0.4, -0.2) is 5.91 Å². The number of halogens is 1. The van der Waals surface area contributed by atoms with E-state index >= 15 is 0 Å². The van der Waals surface area contributed by atoms with Crippen LogP contribution in [-0.2, 0) is 4.79 Å². The fourth-order valence-electron chi connectivity index (χ4n) is 0.892. The van der Waals surface area contributed by atoms with Crippen molar-refractivity contribution in [2.45, 2.75) is 5.38 Å². The van der Waals surface area contributed by atoms with Gasteiger partial charge in [0, 0.05) is 0 Å². The first-order valence-corrected chi connectivity index (χ1v) is 4.07. The third-order valence-electron chi connectivity index (χ3n) is 1.50. The van der Waals surface area contributed by atoms with Crippen LogP contribution in [0.15, 0.2) is 30.3 Å². The summed E-state index contributed by atoms with van der Waals surface area (Å²) in [5.74, 6) is -0.504. The summed E-state index contributed by atoms with van der Waals surface area (Å²) >= 11 is 5.77. The highest BCUT2D eigenvalue weighted by molar-refractivity contribution is 6.30. The molecule has 1 aromatic carbocycles. The molecular formula is C9H7ClN2O. The van der Waals surface area contributed by atoms with E-state index in [0.717, 1.165) is 0 Å². The molecular weight excluding hydrogens is 188 g/mol. The summed E-state index contributed by atoms with van der Waals surface area (Å²) in [6.07, 6.45) is 1.53. The second kappa shape index (κ2) is 4.48. The van der Waals surface area contributed by atoms with E-state index in [1.54, 1.807) is 24.3 Å². The molecule has 0 heterocycles. The lowest BCUT2D eigenvalue weighted by Gasteiger charge is -2.05. The fraction of sp³-hybridized carbons (Fsp3) is 0.111. The molecule has 1 N–H and O–H groups in total. The van der Waals surface area contributed by atoms with Gasteiger partial charge in [0.1, 0.15) is 5.38 Å². The average Bonchev–Trinajstić information content (AvgIpc) is 2.18. The zero-order valence-electron chi connectivity index (χ0n) is 6.70. The van der Waals surface area contributed by atoms with Gasteiger partial charge in [0.05, 0.1) is 0 Å². The van der Waals surface area contributed by atoms with Crippen molar-refractivity contribution in [3.63, 3.8) is 0 Å². The van der Waals surface area contributed by atoms with Crippen LogP contribution in [0.25, 0.3) is 0 Å². The monoisotopic (exact) mass is 194 g/mol. The largest absolute Gasteiger partial charge is 0.272 e. The molecule has 0 spiro atoms. The molecule has 0 aliphatic rings. The van der Waals surface area contributed by atoms with Crippen molar-refractivity contribution in [3.8, 4) is 6.19 Å². The molecule has 0 aliphatic carbocycles. The summed E-state index contributed by atoms with van der Waals surface area (Å²) in [4.78, 5) is 11.1. The third kappa shape index (κ3) is 2.46. The molecule has 0 saturated heterocycles. The van der Waals surface area contributed by atoms with Crippen LogP contribution in [0.2, 0.25) is 0 Å². The van der Waals surface area contributed by atoms with Gasteiger partial charge in [-0.3, -0.25) is 10.1 Å². The van der Waals surface area contributed by atoms with Gasteiger partial charge in [-0.15, -0.1) is 11.6 Å². The normalized spacial score (nSPS) is 11.4. The van der Waals surface area contributed by atoms with E-state index in [1.807, 2.05) is 11.4 Å². The highest BCUT2D eigenvalue weighted by Gasteiger charge is 2.16. The molecule has 0 radical (unpaired) electrons. The van der Waals surface area contributed by atoms with Gasteiger partial charge in [0.2, 0.25) is 0 Å². The minimum absolute atomic E-state index is 0.504. The third-order valence-corrected chi connectivity index (χ3v) is 1.95. The fourth-order valence-corrected chi connectivity index (χ4v) is 1.09. The van der Waals surface area contributed by atoms with E-state index in [2.05, 4.69) is 0 Å². The number of hydrogen-bond acceptors (Lipinski definition) is 2. The second-order valence-corrected chi connectivity index (χ2v) is 2.81. The Morgan fingerprint density at radius 3 is 2.62 bits per heavy atom. The van der Waals surface area contributed by atoms with Crippen LogP contribution in [0.3, 0.4) is 0 Å². The highest BCUT2D eigenvalue weighted by Crippen LogP contribution is 2.19. The van der Waals surface area contributed by atoms with Gasteiger partial charge in [0.25, 0.3) is 5.91 Å². The van der Waals surface area contributed by atoms with Crippen molar-refractivity contribution in [1.82, 2.24) is 5.32 Å². The van der Waals surface area contributed by atoms with Crippen LogP contribution in [0.5, 0.6) is 0 Å². The summed E-state index contributed by atoms with van der Waals surface area (Å²) in [5.41, 5.74) is 0.678. The standard InChI is InChI=1S/C9H7ClN2O/c10-8(9(13)12-6-11)7-4-2-1-3-5-7/h1-5,8H,(H,12,13). The molecule has 3 nitrogen and oxygen atoms in total. The van der Waals surface area contributed by atoms with Gasteiger partial charge in [-0.05, 0) is 5.56 Å². The molecule has 1 aromatic rings. The van der Waals surface area contributed by atoms with Gasteiger partial charge >= 0.3 is 0 Å². The van der Waals surface area contributed by atoms with Gasteiger partial charge in [-0.25, -0.2) is 0 Å². The first kappa shape index (κ1) is 9.56. The number of benzene rings is 1. The van der Waals surface area contributed by atoms with Crippen LogP contribution in [0.1, 0.15) is 10.9 Å². The predicted molar refractivity (Wildman–Crippen MR) is 48.8 cm³/mol. The average molecular weight is 195 g/mol. The van der Waals surface area contributed by atoms with Gasteiger partial charge in [0.15, 0.2) is 6.19 Å². The molecule has 13 heavy (non-hydrogen) atoms. The molecule has 1 atom stereocenters. The Hall–Kier alpha value is -1.53. The van der Waals surface area contributed by atoms with Gasteiger partial charge in [-0.1, -0.05) is 30.3 Å². The SMILES string of the molecule is N#CNC(=O)C(Cl)c1ccccc1. The van der Waals surface area contributed by atoms with Gasteiger partial charge < -0.3 is 0 Å². The second-order valence-electron chi connectivity index (χ2n) is 2.37. The zero-order chi connectivity index (χ0) is 9.68. The maximum atomic E-state index is 11.1. The smallest absolute Gasteiger partial charge is 0.255 e. The topological polar surface area (TPSA) is 52.9 Å². The maximum Gasteiger partial charge on any atom is 0.255 e. The van der Waals surface area contributed by atoms with Crippen molar-refractivity contribution in [2.75, 3.05) is 0 Å². The van der Waals surface area contributed by atoms with Crippen molar-refractivity contribution in [2.24, 2.45) is 0 Å². The Labute approximate surface area is 80.9 Å². The summed E-state index contributed by atoms with van der Waals surface area (Å²) in [5, 5.41) is 9.37. The van der Waals surface area contributed by atoms with Crippen LogP contribution in [0, 0.1) is 11.5 Å². The minimum Gasteiger partial charge on any atom is -0.272 e. The Bertz CT molecular complexity index is 331. The van der Waals surface area contributed by atoms with E-state index in [9.17, 15) is 4.79 Å². The molecule has 0 fully saturated rings. The Balaban J connectivity index is 2.75. The molecule has 4 heteroatoms.